The quantitative estimate of drug-likeness (QED) is 0.320. The Kier molecular flexibility index (Phi) is 7.47. The molecule has 0 radical (unpaired) electrons. The van der Waals surface area contributed by atoms with E-state index in [0.717, 1.165) is 16.3 Å². The van der Waals surface area contributed by atoms with Crippen molar-refractivity contribution in [2.24, 2.45) is 0 Å². The van der Waals surface area contributed by atoms with Crippen molar-refractivity contribution in [3.8, 4) is 11.5 Å². The Morgan fingerprint density at radius 2 is 1.74 bits per heavy atom. The summed E-state index contributed by atoms with van der Waals surface area (Å²) in [5.41, 5.74) is 1.40. The summed E-state index contributed by atoms with van der Waals surface area (Å²) >= 11 is 3.49. The lowest BCUT2D eigenvalue weighted by atomic mass is 10.0. The van der Waals surface area contributed by atoms with E-state index in [1.54, 1.807) is 26.2 Å². The monoisotopic (exact) mass is 481 g/mol. The maximum absolute atomic E-state index is 12.7. The number of ether oxygens (including phenoxy) is 2. The van der Waals surface area contributed by atoms with Crippen LogP contribution in [0.15, 0.2) is 65.1 Å². The number of hydrogen-bond donors (Lipinski definition) is 0. The van der Waals surface area contributed by atoms with Crippen LogP contribution in [0, 0.1) is 0 Å². The predicted octanol–water partition coefficient (Wildman–Crippen LogP) is 5.36. The van der Waals surface area contributed by atoms with E-state index in [2.05, 4.69) is 15.9 Å². The molecule has 0 unspecified atom stereocenters. The molecule has 0 bridgehead atoms. The molecule has 1 amide bonds. The lowest BCUT2D eigenvalue weighted by Crippen LogP contribution is -2.27. The number of fused-ring (bicyclic) bond motifs is 1. The SMILES string of the molecule is CCOc1cc(C=CC(=O)c2ccc3ccccc3c2)cc(Br)c1OCC(=O)N(C)C. The van der Waals surface area contributed by atoms with E-state index in [-0.39, 0.29) is 18.3 Å². The summed E-state index contributed by atoms with van der Waals surface area (Å²) in [6.45, 7) is 2.21. The van der Waals surface area contributed by atoms with Gasteiger partial charge < -0.3 is 14.4 Å². The van der Waals surface area contributed by atoms with Crippen molar-refractivity contribution in [3.63, 3.8) is 0 Å². The first-order valence-electron chi connectivity index (χ1n) is 9.89. The zero-order valence-corrected chi connectivity index (χ0v) is 19.3. The molecule has 160 valence electrons. The molecule has 0 spiro atoms. The number of benzene rings is 3. The van der Waals surface area contributed by atoms with Crippen LogP contribution in [-0.2, 0) is 4.79 Å². The van der Waals surface area contributed by atoms with E-state index in [1.807, 2.05) is 55.5 Å². The topological polar surface area (TPSA) is 55.8 Å². The van der Waals surface area contributed by atoms with Gasteiger partial charge in [-0.25, -0.2) is 0 Å². The van der Waals surface area contributed by atoms with Gasteiger partial charge in [0, 0.05) is 19.7 Å². The fraction of sp³-hybridized carbons (Fsp3) is 0.200. The molecule has 31 heavy (non-hydrogen) atoms. The zero-order chi connectivity index (χ0) is 22.4. The lowest BCUT2D eigenvalue weighted by molar-refractivity contribution is -0.130. The molecular formula is C25H24BrNO4. The van der Waals surface area contributed by atoms with Crippen LogP contribution in [0.2, 0.25) is 0 Å². The number of likely N-dealkylation sites (N-methyl/N-ethyl adjacent to an activating group) is 1. The van der Waals surface area contributed by atoms with Gasteiger partial charge in [-0.2, -0.15) is 0 Å². The molecule has 3 aromatic carbocycles. The number of amides is 1. The average molecular weight is 482 g/mol. The van der Waals surface area contributed by atoms with Crippen LogP contribution < -0.4 is 9.47 Å². The van der Waals surface area contributed by atoms with E-state index in [0.29, 0.717) is 28.1 Å². The van der Waals surface area contributed by atoms with Crippen LogP contribution in [0.4, 0.5) is 0 Å². The van der Waals surface area contributed by atoms with Gasteiger partial charge in [-0.3, -0.25) is 9.59 Å². The van der Waals surface area contributed by atoms with Gasteiger partial charge in [-0.15, -0.1) is 0 Å². The number of carbonyl (C=O) groups excluding carboxylic acids is 2. The number of halogens is 1. The minimum absolute atomic E-state index is 0.0864. The molecule has 6 heteroatoms. The van der Waals surface area contributed by atoms with Gasteiger partial charge in [-0.05, 0) is 63.5 Å². The molecule has 0 aromatic heterocycles. The van der Waals surface area contributed by atoms with E-state index >= 15 is 0 Å². The summed E-state index contributed by atoms with van der Waals surface area (Å²) in [6, 6.07) is 17.2. The fourth-order valence-corrected chi connectivity index (χ4v) is 3.54. The van der Waals surface area contributed by atoms with Crippen LogP contribution in [-0.4, -0.2) is 43.9 Å². The highest BCUT2D eigenvalue weighted by Crippen LogP contribution is 2.37. The third-order valence-corrected chi connectivity index (χ3v) is 5.22. The van der Waals surface area contributed by atoms with Crippen molar-refractivity contribution in [1.29, 1.82) is 0 Å². The molecule has 3 rings (SSSR count). The van der Waals surface area contributed by atoms with Crippen LogP contribution in [0.1, 0.15) is 22.8 Å². The standard InChI is InChI=1S/C25H24BrNO4/c1-4-30-23-14-17(13-21(26)25(23)31-16-24(29)27(2)3)9-12-22(28)20-11-10-18-7-5-6-8-19(18)15-20/h5-15H,4,16H2,1-3H3. The molecule has 3 aromatic rings. The van der Waals surface area contributed by atoms with Crippen molar-refractivity contribution in [3.05, 3.63) is 76.3 Å². The molecule has 0 saturated heterocycles. The third kappa shape index (κ3) is 5.73. The molecule has 5 nitrogen and oxygen atoms in total. The highest BCUT2D eigenvalue weighted by Gasteiger charge is 2.14. The minimum Gasteiger partial charge on any atom is -0.490 e. The van der Waals surface area contributed by atoms with Gasteiger partial charge in [0.1, 0.15) is 0 Å². The highest BCUT2D eigenvalue weighted by molar-refractivity contribution is 9.10. The van der Waals surface area contributed by atoms with Crippen molar-refractivity contribution < 1.29 is 19.1 Å². The first-order chi connectivity index (χ1) is 14.9. The Balaban J connectivity index is 1.81. The van der Waals surface area contributed by atoms with E-state index in [4.69, 9.17) is 9.47 Å². The fourth-order valence-electron chi connectivity index (χ4n) is 2.96. The summed E-state index contributed by atoms with van der Waals surface area (Å²) in [4.78, 5) is 26.0. The molecule has 0 aliphatic rings. The Morgan fingerprint density at radius 1 is 1.00 bits per heavy atom. The highest BCUT2D eigenvalue weighted by atomic mass is 79.9. The molecule has 0 saturated carbocycles. The first kappa shape index (κ1) is 22.6. The van der Waals surface area contributed by atoms with E-state index < -0.39 is 0 Å². The van der Waals surface area contributed by atoms with Crippen LogP contribution in [0.25, 0.3) is 16.8 Å². The normalized spacial score (nSPS) is 11.0. The second-order valence-corrected chi connectivity index (χ2v) is 7.95. The molecular weight excluding hydrogens is 458 g/mol. The summed E-state index contributed by atoms with van der Waals surface area (Å²) in [5, 5.41) is 2.12. The molecule has 0 aliphatic carbocycles. The van der Waals surface area contributed by atoms with Crippen LogP contribution in [0.5, 0.6) is 11.5 Å². The van der Waals surface area contributed by atoms with Gasteiger partial charge in [0.2, 0.25) is 0 Å². The van der Waals surface area contributed by atoms with Gasteiger partial charge in [-0.1, -0.05) is 42.5 Å². The van der Waals surface area contributed by atoms with E-state index in [1.165, 1.54) is 11.0 Å². The second-order valence-electron chi connectivity index (χ2n) is 7.10. The molecule has 0 aliphatic heterocycles. The maximum Gasteiger partial charge on any atom is 0.259 e. The van der Waals surface area contributed by atoms with Gasteiger partial charge in [0.25, 0.3) is 5.91 Å². The second kappa shape index (κ2) is 10.3. The molecule has 0 fully saturated rings. The van der Waals surface area contributed by atoms with Gasteiger partial charge in [0.15, 0.2) is 23.9 Å². The average Bonchev–Trinajstić information content (AvgIpc) is 2.76. The Hall–Kier alpha value is -3.12. The van der Waals surface area contributed by atoms with Crippen LogP contribution in [0.3, 0.4) is 0 Å². The number of carbonyl (C=O) groups is 2. The minimum atomic E-state index is -0.153. The number of allylic oxidation sites excluding steroid dienone is 1. The Bertz CT molecular complexity index is 1140. The largest absolute Gasteiger partial charge is 0.490 e. The zero-order valence-electron chi connectivity index (χ0n) is 17.7. The van der Waals surface area contributed by atoms with Gasteiger partial charge >= 0.3 is 0 Å². The van der Waals surface area contributed by atoms with Crippen molar-refractivity contribution in [2.75, 3.05) is 27.3 Å². The van der Waals surface area contributed by atoms with Crippen molar-refractivity contribution >= 4 is 44.5 Å². The third-order valence-electron chi connectivity index (χ3n) is 4.63. The summed E-state index contributed by atoms with van der Waals surface area (Å²) in [6.07, 6.45) is 3.28. The predicted molar refractivity (Wildman–Crippen MR) is 127 cm³/mol. The van der Waals surface area contributed by atoms with Gasteiger partial charge in [0.05, 0.1) is 11.1 Å². The number of nitrogens with zero attached hydrogens (tertiary/aromatic N) is 1. The smallest absolute Gasteiger partial charge is 0.259 e. The number of rotatable bonds is 8. The summed E-state index contributed by atoms with van der Waals surface area (Å²) in [7, 11) is 3.34. The molecule has 0 atom stereocenters. The number of ketones is 1. The van der Waals surface area contributed by atoms with Crippen molar-refractivity contribution in [1.82, 2.24) is 4.90 Å². The summed E-state index contributed by atoms with van der Waals surface area (Å²) < 4.78 is 12.0. The number of hydrogen-bond acceptors (Lipinski definition) is 4. The first-order valence-corrected chi connectivity index (χ1v) is 10.7. The van der Waals surface area contributed by atoms with Crippen LogP contribution >= 0.6 is 15.9 Å². The summed E-state index contributed by atoms with van der Waals surface area (Å²) in [5.74, 6) is 0.715. The van der Waals surface area contributed by atoms with E-state index in [9.17, 15) is 9.59 Å². The Labute approximate surface area is 190 Å². The van der Waals surface area contributed by atoms with Crippen molar-refractivity contribution in [2.45, 2.75) is 6.92 Å². The lowest BCUT2D eigenvalue weighted by Gasteiger charge is -2.16. The molecule has 0 heterocycles. The Morgan fingerprint density at radius 3 is 2.45 bits per heavy atom. The molecule has 0 N–H and O–H groups in total. The maximum atomic E-state index is 12.7.